The Bertz CT molecular complexity index is 453. The van der Waals surface area contributed by atoms with Crippen molar-refractivity contribution in [2.24, 2.45) is 5.11 Å². The monoisotopic (exact) mass is 209 g/mol. The standard InChI is InChI=1S/C9H8FN3O2/c1-5(14)6-3-9(15-2)7(10)4-8(6)12-13-11/h3-4H,1-2H3. The van der Waals surface area contributed by atoms with Crippen molar-refractivity contribution in [3.05, 3.63) is 34.0 Å². The summed E-state index contributed by atoms with van der Waals surface area (Å²) in [6.45, 7) is 1.29. The normalized spacial score (nSPS) is 9.27. The van der Waals surface area contributed by atoms with Crippen molar-refractivity contribution in [2.45, 2.75) is 6.92 Å². The molecular weight excluding hydrogens is 201 g/mol. The highest BCUT2D eigenvalue weighted by atomic mass is 19.1. The van der Waals surface area contributed by atoms with E-state index in [1.165, 1.54) is 20.1 Å². The third-order valence-corrected chi connectivity index (χ3v) is 1.80. The second kappa shape index (κ2) is 4.43. The summed E-state index contributed by atoms with van der Waals surface area (Å²) in [6.07, 6.45) is 0. The zero-order valence-corrected chi connectivity index (χ0v) is 8.19. The Morgan fingerprint density at radius 2 is 2.27 bits per heavy atom. The van der Waals surface area contributed by atoms with Gasteiger partial charge in [-0.1, -0.05) is 5.11 Å². The minimum absolute atomic E-state index is 0.0386. The molecule has 1 aromatic carbocycles. The van der Waals surface area contributed by atoms with Crippen LogP contribution in [0.3, 0.4) is 0 Å². The van der Waals surface area contributed by atoms with Crippen LogP contribution in [0.15, 0.2) is 17.2 Å². The molecule has 1 rings (SSSR count). The first-order valence-electron chi connectivity index (χ1n) is 4.03. The lowest BCUT2D eigenvalue weighted by Crippen LogP contribution is -1.96. The number of ether oxygens (including phenoxy) is 1. The van der Waals surface area contributed by atoms with Crippen LogP contribution in [-0.2, 0) is 0 Å². The average molecular weight is 209 g/mol. The topological polar surface area (TPSA) is 75.1 Å². The van der Waals surface area contributed by atoms with Crippen molar-refractivity contribution in [3.8, 4) is 5.75 Å². The van der Waals surface area contributed by atoms with Gasteiger partial charge in [-0.15, -0.1) is 0 Å². The number of rotatable bonds is 3. The van der Waals surface area contributed by atoms with Gasteiger partial charge < -0.3 is 4.74 Å². The number of carbonyl (C=O) groups excluding carboxylic acids is 1. The van der Waals surface area contributed by atoms with Crippen LogP contribution in [-0.4, -0.2) is 12.9 Å². The first-order chi connectivity index (χ1) is 7.10. The molecule has 6 heteroatoms. The molecule has 5 nitrogen and oxygen atoms in total. The summed E-state index contributed by atoms with van der Waals surface area (Å²) in [7, 11) is 1.29. The number of azide groups is 1. The Morgan fingerprint density at radius 1 is 1.60 bits per heavy atom. The van der Waals surface area contributed by atoms with Crippen LogP contribution in [0.5, 0.6) is 5.75 Å². The van der Waals surface area contributed by atoms with E-state index in [1.54, 1.807) is 0 Å². The first-order valence-corrected chi connectivity index (χ1v) is 4.03. The van der Waals surface area contributed by atoms with Crippen LogP contribution in [0.4, 0.5) is 10.1 Å². The van der Waals surface area contributed by atoms with Crippen molar-refractivity contribution >= 4 is 11.5 Å². The van der Waals surface area contributed by atoms with Crippen molar-refractivity contribution in [1.82, 2.24) is 0 Å². The number of carbonyl (C=O) groups is 1. The fourth-order valence-corrected chi connectivity index (χ4v) is 1.11. The van der Waals surface area contributed by atoms with Crippen LogP contribution in [0.25, 0.3) is 10.4 Å². The van der Waals surface area contributed by atoms with Crippen LogP contribution in [0, 0.1) is 5.82 Å². The molecule has 0 aromatic heterocycles. The molecule has 0 bridgehead atoms. The highest BCUT2D eigenvalue weighted by molar-refractivity contribution is 5.99. The van der Waals surface area contributed by atoms with Gasteiger partial charge in [0.05, 0.1) is 12.8 Å². The summed E-state index contributed by atoms with van der Waals surface area (Å²) in [5, 5.41) is 3.23. The van der Waals surface area contributed by atoms with E-state index < -0.39 is 5.82 Å². The number of benzene rings is 1. The molecule has 15 heavy (non-hydrogen) atoms. The SMILES string of the molecule is COc1cc(C(C)=O)c(N=[N+]=[N-])cc1F. The fourth-order valence-electron chi connectivity index (χ4n) is 1.11. The third-order valence-electron chi connectivity index (χ3n) is 1.80. The Kier molecular flexibility index (Phi) is 3.25. The number of hydrogen-bond acceptors (Lipinski definition) is 3. The molecule has 0 fully saturated rings. The zero-order valence-electron chi connectivity index (χ0n) is 8.19. The maximum Gasteiger partial charge on any atom is 0.165 e. The van der Waals surface area contributed by atoms with Gasteiger partial charge in [0.25, 0.3) is 0 Å². The van der Waals surface area contributed by atoms with Crippen LogP contribution in [0.2, 0.25) is 0 Å². The number of nitrogens with zero attached hydrogens (tertiary/aromatic N) is 3. The average Bonchev–Trinajstić information content (AvgIpc) is 2.18. The van der Waals surface area contributed by atoms with Crippen LogP contribution >= 0.6 is 0 Å². The van der Waals surface area contributed by atoms with Gasteiger partial charge in [0.2, 0.25) is 0 Å². The largest absolute Gasteiger partial charge is 0.494 e. The molecule has 0 atom stereocenters. The molecule has 78 valence electrons. The van der Waals surface area contributed by atoms with E-state index in [-0.39, 0.29) is 22.8 Å². The Morgan fingerprint density at radius 3 is 2.73 bits per heavy atom. The Balaban J connectivity index is 3.44. The Labute approximate surface area is 85.1 Å². The molecule has 0 amide bonds. The molecule has 0 aliphatic carbocycles. The summed E-state index contributed by atoms with van der Waals surface area (Å²) in [5.74, 6) is -1.06. The molecule has 0 saturated heterocycles. The maximum absolute atomic E-state index is 13.2. The number of halogens is 1. The molecule has 0 spiro atoms. The van der Waals surface area contributed by atoms with E-state index in [0.29, 0.717) is 0 Å². The van der Waals surface area contributed by atoms with E-state index in [9.17, 15) is 9.18 Å². The summed E-state index contributed by atoms with van der Waals surface area (Å²) in [6, 6.07) is 2.18. The smallest absolute Gasteiger partial charge is 0.165 e. The van der Waals surface area contributed by atoms with Gasteiger partial charge in [0, 0.05) is 10.5 Å². The first kappa shape index (κ1) is 11.0. The van der Waals surface area contributed by atoms with Gasteiger partial charge >= 0.3 is 0 Å². The van der Waals surface area contributed by atoms with E-state index in [1.807, 2.05) is 0 Å². The van der Waals surface area contributed by atoms with Crippen molar-refractivity contribution in [2.75, 3.05) is 7.11 Å². The van der Waals surface area contributed by atoms with Gasteiger partial charge in [0.1, 0.15) is 0 Å². The highest BCUT2D eigenvalue weighted by Crippen LogP contribution is 2.28. The number of Topliss-reactive ketones (excluding diaryl/α,β-unsaturated/α-hetero) is 1. The second-order valence-corrected chi connectivity index (χ2v) is 2.75. The molecule has 0 aliphatic heterocycles. The van der Waals surface area contributed by atoms with Crippen molar-refractivity contribution in [1.29, 1.82) is 0 Å². The summed E-state index contributed by atoms with van der Waals surface area (Å²) >= 11 is 0. The van der Waals surface area contributed by atoms with E-state index in [0.717, 1.165) is 6.07 Å². The molecule has 0 heterocycles. The molecule has 0 aliphatic rings. The third kappa shape index (κ3) is 2.24. The van der Waals surface area contributed by atoms with Gasteiger partial charge in [-0.2, -0.15) is 0 Å². The summed E-state index contributed by atoms with van der Waals surface area (Å²) < 4.78 is 17.9. The Hall–Kier alpha value is -2.07. The van der Waals surface area contributed by atoms with Gasteiger partial charge in [-0.05, 0) is 24.6 Å². The van der Waals surface area contributed by atoms with Crippen molar-refractivity contribution < 1.29 is 13.9 Å². The lowest BCUT2D eigenvalue weighted by Gasteiger charge is -2.06. The lowest BCUT2D eigenvalue weighted by atomic mass is 10.1. The van der Waals surface area contributed by atoms with Crippen LogP contribution < -0.4 is 4.74 Å². The minimum Gasteiger partial charge on any atom is -0.494 e. The van der Waals surface area contributed by atoms with E-state index >= 15 is 0 Å². The lowest BCUT2D eigenvalue weighted by molar-refractivity contribution is 0.101. The van der Waals surface area contributed by atoms with E-state index in [4.69, 9.17) is 10.3 Å². The van der Waals surface area contributed by atoms with Gasteiger partial charge in [0.15, 0.2) is 17.3 Å². The zero-order chi connectivity index (χ0) is 11.4. The predicted molar refractivity (Wildman–Crippen MR) is 51.8 cm³/mol. The number of hydrogen-bond donors (Lipinski definition) is 0. The number of methoxy groups -OCH3 is 1. The summed E-state index contributed by atoms with van der Waals surface area (Å²) in [4.78, 5) is 13.7. The van der Waals surface area contributed by atoms with Crippen LogP contribution in [0.1, 0.15) is 17.3 Å². The predicted octanol–water partition coefficient (Wildman–Crippen LogP) is 2.98. The van der Waals surface area contributed by atoms with Gasteiger partial charge in [-0.25, -0.2) is 4.39 Å². The summed E-state index contributed by atoms with van der Waals surface area (Å²) in [5.41, 5.74) is 8.33. The quantitative estimate of drug-likeness (QED) is 0.332. The maximum atomic E-state index is 13.2. The van der Waals surface area contributed by atoms with E-state index in [2.05, 4.69) is 10.0 Å². The number of ketones is 1. The molecule has 0 saturated carbocycles. The molecule has 0 N–H and O–H groups in total. The molecular formula is C9H8FN3O2. The molecule has 0 radical (unpaired) electrons. The highest BCUT2D eigenvalue weighted by Gasteiger charge is 2.12. The van der Waals surface area contributed by atoms with Gasteiger partial charge in [-0.3, -0.25) is 4.79 Å². The minimum atomic E-state index is -0.676. The van der Waals surface area contributed by atoms with Crippen molar-refractivity contribution in [3.63, 3.8) is 0 Å². The molecule has 1 aromatic rings. The fraction of sp³-hybridized carbons (Fsp3) is 0.222. The molecule has 0 unspecified atom stereocenters. The second-order valence-electron chi connectivity index (χ2n) is 2.75.